The van der Waals surface area contributed by atoms with Crippen LogP contribution in [0.25, 0.3) is 11.2 Å². The van der Waals surface area contributed by atoms with Gasteiger partial charge < -0.3 is 9.47 Å². The van der Waals surface area contributed by atoms with Crippen molar-refractivity contribution in [2.24, 2.45) is 7.05 Å². The first kappa shape index (κ1) is 13.9. The number of hydrogen-bond donors (Lipinski definition) is 1. The fourth-order valence-corrected chi connectivity index (χ4v) is 3.00. The SMILES string of the molecule is CC(C)n1c(N2CCCCC2)nc2c1c(=O)[nH]c(=O)n2C. The van der Waals surface area contributed by atoms with Crippen LogP contribution < -0.4 is 16.1 Å². The summed E-state index contributed by atoms with van der Waals surface area (Å²) in [5.41, 5.74) is 0.148. The Morgan fingerprint density at radius 2 is 1.81 bits per heavy atom. The summed E-state index contributed by atoms with van der Waals surface area (Å²) < 4.78 is 3.35. The lowest BCUT2D eigenvalue weighted by molar-refractivity contribution is 0.539. The Bertz CT molecular complexity index is 777. The minimum absolute atomic E-state index is 0.102. The minimum atomic E-state index is -0.425. The number of H-pyrrole nitrogens is 1. The Kier molecular flexibility index (Phi) is 3.35. The first-order chi connectivity index (χ1) is 10.0. The molecule has 0 amide bonds. The Balaban J connectivity index is 2.31. The molecule has 3 heterocycles. The monoisotopic (exact) mass is 291 g/mol. The van der Waals surface area contributed by atoms with Gasteiger partial charge in [0.25, 0.3) is 5.56 Å². The third-order valence-electron chi connectivity index (χ3n) is 4.09. The summed E-state index contributed by atoms with van der Waals surface area (Å²) in [5, 5.41) is 0. The van der Waals surface area contributed by atoms with Gasteiger partial charge in [0, 0.05) is 26.2 Å². The molecule has 1 aliphatic rings. The number of anilines is 1. The van der Waals surface area contributed by atoms with Crippen molar-refractivity contribution in [1.82, 2.24) is 19.1 Å². The summed E-state index contributed by atoms with van der Waals surface area (Å²) in [6.07, 6.45) is 3.50. The smallest absolute Gasteiger partial charge is 0.329 e. The number of aromatic nitrogens is 4. The number of rotatable bonds is 2. The van der Waals surface area contributed by atoms with Crippen molar-refractivity contribution in [2.75, 3.05) is 18.0 Å². The van der Waals surface area contributed by atoms with Gasteiger partial charge in [-0.05, 0) is 33.1 Å². The molecule has 0 bridgehead atoms. The Morgan fingerprint density at radius 1 is 1.14 bits per heavy atom. The van der Waals surface area contributed by atoms with E-state index in [0.717, 1.165) is 31.9 Å². The highest BCUT2D eigenvalue weighted by molar-refractivity contribution is 5.74. The van der Waals surface area contributed by atoms with Gasteiger partial charge >= 0.3 is 5.69 Å². The van der Waals surface area contributed by atoms with Gasteiger partial charge in [0.2, 0.25) is 5.95 Å². The van der Waals surface area contributed by atoms with Crippen LogP contribution in [-0.2, 0) is 7.05 Å². The second-order valence-corrected chi connectivity index (χ2v) is 5.91. The highest BCUT2D eigenvalue weighted by Crippen LogP contribution is 2.26. The Labute approximate surface area is 122 Å². The predicted octanol–water partition coefficient (Wildman–Crippen LogP) is 0.994. The van der Waals surface area contributed by atoms with Crippen molar-refractivity contribution in [1.29, 1.82) is 0 Å². The highest BCUT2D eigenvalue weighted by Gasteiger charge is 2.23. The fraction of sp³-hybridized carbons (Fsp3) is 0.643. The Morgan fingerprint density at radius 3 is 2.43 bits per heavy atom. The zero-order valence-electron chi connectivity index (χ0n) is 12.7. The maximum Gasteiger partial charge on any atom is 0.329 e. The summed E-state index contributed by atoms with van der Waals surface area (Å²) in [6.45, 7) is 5.95. The second kappa shape index (κ2) is 5.05. The van der Waals surface area contributed by atoms with Crippen molar-refractivity contribution in [2.45, 2.75) is 39.2 Å². The minimum Gasteiger partial charge on any atom is -0.342 e. The lowest BCUT2D eigenvalue weighted by Gasteiger charge is -2.29. The second-order valence-electron chi connectivity index (χ2n) is 5.91. The summed E-state index contributed by atoms with van der Waals surface area (Å²) in [7, 11) is 1.64. The summed E-state index contributed by atoms with van der Waals surface area (Å²) in [6, 6.07) is 0.102. The van der Waals surface area contributed by atoms with E-state index in [1.807, 2.05) is 18.4 Å². The van der Waals surface area contributed by atoms with Crippen LogP contribution in [0.1, 0.15) is 39.2 Å². The number of nitrogens with one attached hydrogen (secondary N) is 1. The van der Waals surface area contributed by atoms with Crippen LogP contribution >= 0.6 is 0 Å². The maximum absolute atomic E-state index is 12.2. The Hall–Kier alpha value is -2.05. The molecule has 1 saturated heterocycles. The summed E-state index contributed by atoms with van der Waals surface area (Å²) in [5.74, 6) is 0.798. The highest BCUT2D eigenvalue weighted by atomic mass is 16.2. The van der Waals surface area contributed by atoms with E-state index in [-0.39, 0.29) is 11.6 Å². The molecule has 0 atom stereocenters. The number of aryl methyl sites for hydroxylation is 1. The largest absolute Gasteiger partial charge is 0.342 e. The van der Waals surface area contributed by atoms with Gasteiger partial charge in [-0.25, -0.2) is 4.79 Å². The third-order valence-corrected chi connectivity index (χ3v) is 4.09. The fourth-order valence-electron chi connectivity index (χ4n) is 3.00. The molecule has 2 aromatic heterocycles. The number of hydrogen-bond acceptors (Lipinski definition) is 4. The van der Waals surface area contributed by atoms with Gasteiger partial charge in [-0.1, -0.05) is 0 Å². The van der Waals surface area contributed by atoms with E-state index in [2.05, 4.69) is 14.9 Å². The van der Waals surface area contributed by atoms with Gasteiger partial charge in [0.15, 0.2) is 11.2 Å². The molecule has 0 radical (unpaired) electrons. The molecule has 1 aliphatic heterocycles. The standard InChI is InChI=1S/C14H21N5O2/c1-9(2)19-10-11(17(3)14(21)16-12(10)20)15-13(19)18-7-5-4-6-8-18/h9H,4-8H2,1-3H3,(H,16,20,21). The molecule has 7 nitrogen and oxygen atoms in total. The van der Waals surface area contributed by atoms with Crippen molar-refractivity contribution >= 4 is 17.1 Å². The van der Waals surface area contributed by atoms with Gasteiger partial charge in [0.05, 0.1) is 0 Å². The zero-order valence-corrected chi connectivity index (χ0v) is 12.7. The predicted molar refractivity (Wildman–Crippen MR) is 82.0 cm³/mol. The molecule has 114 valence electrons. The van der Waals surface area contributed by atoms with E-state index in [1.165, 1.54) is 11.0 Å². The van der Waals surface area contributed by atoms with E-state index < -0.39 is 5.69 Å². The topological polar surface area (TPSA) is 75.9 Å². The van der Waals surface area contributed by atoms with Crippen molar-refractivity contribution in [3.63, 3.8) is 0 Å². The molecule has 0 unspecified atom stereocenters. The molecule has 0 spiro atoms. The quantitative estimate of drug-likeness (QED) is 0.895. The number of piperidine rings is 1. The first-order valence-corrected chi connectivity index (χ1v) is 7.47. The van der Waals surface area contributed by atoms with E-state index in [1.54, 1.807) is 7.05 Å². The molecule has 21 heavy (non-hydrogen) atoms. The number of nitrogens with zero attached hydrogens (tertiary/aromatic N) is 4. The van der Waals surface area contributed by atoms with Crippen LogP contribution in [-0.4, -0.2) is 32.2 Å². The normalized spacial score (nSPS) is 16.1. The number of imidazole rings is 1. The summed E-state index contributed by atoms with van der Waals surface area (Å²) in [4.78, 5) is 33.2. The van der Waals surface area contributed by atoms with E-state index in [9.17, 15) is 9.59 Å². The zero-order chi connectivity index (χ0) is 15.1. The number of fused-ring (bicyclic) bond motifs is 1. The van der Waals surface area contributed by atoms with Crippen LogP contribution in [0, 0.1) is 0 Å². The molecular weight excluding hydrogens is 270 g/mol. The summed E-state index contributed by atoms with van der Waals surface area (Å²) >= 11 is 0. The van der Waals surface area contributed by atoms with Crippen molar-refractivity contribution < 1.29 is 0 Å². The molecule has 0 saturated carbocycles. The molecule has 0 aliphatic carbocycles. The molecular formula is C14H21N5O2. The molecule has 7 heteroatoms. The van der Waals surface area contributed by atoms with Gasteiger partial charge in [0.1, 0.15) is 0 Å². The van der Waals surface area contributed by atoms with Crippen LogP contribution in [0.4, 0.5) is 5.95 Å². The first-order valence-electron chi connectivity index (χ1n) is 7.47. The van der Waals surface area contributed by atoms with Gasteiger partial charge in [-0.3, -0.25) is 14.3 Å². The molecule has 1 N–H and O–H groups in total. The van der Waals surface area contributed by atoms with Crippen molar-refractivity contribution in [3.8, 4) is 0 Å². The van der Waals surface area contributed by atoms with Crippen LogP contribution in [0.2, 0.25) is 0 Å². The lowest BCUT2D eigenvalue weighted by atomic mass is 10.1. The molecule has 0 aromatic carbocycles. The average Bonchev–Trinajstić information content (AvgIpc) is 2.87. The van der Waals surface area contributed by atoms with E-state index in [4.69, 9.17) is 0 Å². The maximum atomic E-state index is 12.2. The lowest BCUT2D eigenvalue weighted by Crippen LogP contribution is -2.32. The van der Waals surface area contributed by atoms with E-state index >= 15 is 0 Å². The molecule has 3 rings (SSSR count). The van der Waals surface area contributed by atoms with Crippen LogP contribution in [0.15, 0.2) is 9.59 Å². The molecule has 1 fully saturated rings. The molecule has 2 aromatic rings. The third kappa shape index (κ3) is 2.16. The van der Waals surface area contributed by atoms with Crippen LogP contribution in [0.3, 0.4) is 0 Å². The van der Waals surface area contributed by atoms with Crippen molar-refractivity contribution in [3.05, 3.63) is 20.8 Å². The number of aromatic amines is 1. The average molecular weight is 291 g/mol. The van der Waals surface area contributed by atoms with Gasteiger partial charge in [-0.2, -0.15) is 4.98 Å². The van der Waals surface area contributed by atoms with E-state index in [0.29, 0.717) is 11.2 Å². The van der Waals surface area contributed by atoms with Crippen LogP contribution in [0.5, 0.6) is 0 Å². The van der Waals surface area contributed by atoms with Gasteiger partial charge in [-0.15, -0.1) is 0 Å².